The molecule has 0 N–H and O–H groups in total. The van der Waals surface area contributed by atoms with Gasteiger partial charge in [0.2, 0.25) is 0 Å². The van der Waals surface area contributed by atoms with Crippen molar-refractivity contribution in [2.45, 2.75) is 116 Å². The number of aromatic nitrogens is 4. The summed E-state index contributed by atoms with van der Waals surface area (Å²) in [6.45, 7) is 24.2. The van der Waals surface area contributed by atoms with Crippen LogP contribution >= 0.6 is 0 Å². The topological polar surface area (TPSA) is 91.1 Å². The van der Waals surface area contributed by atoms with E-state index in [9.17, 15) is 4.79 Å². The second kappa shape index (κ2) is 17.9. The molecule has 3 aromatic heterocycles. The number of ether oxygens (including phenoxy) is 3. The largest absolute Gasteiger partial charge is 0.460 e. The molecule has 0 saturated heterocycles. The molecule has 1 aromatic carbocycles. The number of anilines is 1. The van der Waals surface area contributed by atoms with Gasteiger partial charge in [0.15, 0.2) is 5.65 Å². The van der Waals surface area contributed by atoms with Crippen LogP contribution < -0.4 is 4.90 Å². The van der Waals surface area contributed by atoms with E-state index in [0.29, 0.717) is 26.7 Å². The number of hydrogen-bond donors (Lipinski definition) is 0. The van der Waals surface area contributed by atoms with Crippen molar-refractivity contribution in [3.63, 3.8) is 0 Å². The molecule has 292 valence electrons. The Morgan fingerprint density at radius 3 is 2.04 bits per heavy atom. The number of benzene rings is 1. The Balaban J connectivity index is 1.59. The molecule has 0 atom stereocenters. The first kappa shape index (κ1) is 41.5. The quantitative estimate of drug-likeness (QED) is 0.0481. The van der Waals surface area contributed by atoms with E-state index in [0.717, 1.165) is 82.9 Å². The van der Waals surface area contributed by atoms with Crippen molar-refractivity contribution < 1.29 is 19.0 Å². The molecule has 0 amide bonds. The molecular formula is C43H63N5O4Si2. The number of pyridine rings is 1. The third-order valence-electron chi connectivity index (χ3n) is 9.81. The smallest absolute Gasteiger partial charge is 0.309 e. The molecule has 0 unspecified atom stereocenters. The Bertz CT molecular complexity index is 1830. The molecule has 9 nitrogen and oxygen atoms in total. The maximum absolute atomic E-state index is 13.1. The number of rotatable bonds is 16. The van der Waals surface area contributed by atoms with E-state index in [4.69, 9.17) is 29.3 Å². The number of nitrogens with zero attached hydrogens (tertiary/aromatic N) is 5. The minimum atomic E-state index is -1.29. The number of carbonyl (C=O) groups is 1. The second-order valence-corrected chi connectivity index (χ2v) is 29.4. The molecule has 0 bridgehead atoms. The Hall–Kier alpha value is -3.65. The summed E-state index contributed by atoms with van der Waals surface area (Å²) >= 11 is 0. The second-order valence-electron chi connectivity index (χ2n) is 18.1. The van der Waals surface area contributed by atoms with E-state index in [1.165, 1.54) is 0 Å². The normalized spacial score (nSPS) is 17.0. The van der Waals surface area contributed by atoms with Gasteiger partial charge in [0.25, 0.3) is 0 Å². The third-order valence-corrected chi connectivity index (χ3v) is 13.2. The highest BCUT2D eigenvalue weighted by atomic mass is 28.3. The van der Waals surface area contributed by atoms with Gasteiger partial charge in [0.1, 0.15) is 24.9 Å². The van der Waals surface area contributed by atoms with Gasteiger partial charge in [-0.3, -0.25) is 9.78 Å². The third kappa shape index (κ3) is 11.4. The van der Waals surface area contributed by atoms with Crippen LogP contribution in [-0.2, 0) is 19.0 Å². The fourth-order valence-corrected chi connectivity index (χ4v) is 8.25. The molecule has 1 aliphatic carbocycles. The highest BCUT2D eigenvalue weighted by Crippen LogP contribution is 2.41. The predicted molar refractivity (Wildman–Crippen MR) is 227 cm³/mol. The van der Waals surface area contributed by atoms with Crippen molar-refractivity contribution in [2.75, 3.05) is 31.6 Å². The van der Waals surface area contributed by atoms with E-state index in [2.05, 4.69) is 80.6 Å². The van der Waals surface area contributed by atoms with Gasteiger partial charge < -0.3 is 19.1 Å². The number of allylic oxidation sites excluding steroid dienone is 1. The first-order valence-corrected chi connectivity index (χ1v) is 27.1. The van der Waals surface area contributed by atoms with Crippen molar-refractivity contribution in [3.05, 3.63) is 72.2 Å². The Kier molecular flexibility index (Phi) is 13.7. The molecule has 1 saturated carbocycles. The molecular weight excluding hydrogens is 707 g/mol. The number of fused-ring (bicyclic) bond motifs is 1. The highest BCUT2D eigenvalue weighted by Gasteiger charge is 2.34. The molecule has 0 spiro atoms. The van der Waals surface area contributed by atoms with Gasteiger partial charge in [-0.25, -0.2) is 4.98 Å². The van der Waals surface area contributed by atoms with Gasteiger partial charge in [0.05, 0.1) is 23.5 Å². The lowest BCUT2D eigenvalue weighted by Crippen LogP contribution is -2.34. The van der Waals surface area contributed by atoms with Gasteiger partial charge in [-0.2, -0.15) is 9.61 Å². The Morgan fingerprint density at radius 1 is 0.870 bits per heavy atom. The van der Waals surface area contributed by atoms with Crippen LogP contribution in [0.4, 0.5) is 5.82 Å². The standard InChI is InChI=1S/C43H63N5O4Si2/c1-11-15-36-39(33-18-20-34(21-19-33)42(49)52-43(2,3)4)46-40-37(35-22-23-38(44-28-35)32-16-13-12-14-17-32)29-45-48(40)41(36)47(30-50-24-26-53(5,6)7)31-51-25-27-54(8,9)10/h11-17,22-23,28-29,33-34H,18-21,24-27,30-31H2,1-10H3/b15-11-/t33-,34-. The average molecular weight is 770 g/mol. The molecule has 11 heteroatoms. The van der Waals surface area contributed by atoms with Gasteiger partial charge in [-0.05, 0) is 71.5 Å². The minimum Gasteiger partial charge on any atom is -0.460 e. The van der Waals surface area contributed by atoms with Gasteiger partial charge in [-0.15, -0.1) is 0 Å². The summed E-state index contributed by atoms with van der Waals surface area (Å²) in [5.41, 5.74) is 6.15. The molecule has 3 heterocycles. The molecule has 54 heavy (non-hydrogen) atoms. The summed E-state index contributed by atoms with van der Waals surface area (Å²) < 4.78 is 20.7. The summed E-state index contributed by atoms with van der Waals surface area (Å²) in [4.78, 5) is 25.6. The van der Waals surface area contributed by atoms with Crippen molar-refractivity contribution in [3.8, 4) is 22.4 Å². The lowest BCUT2D eigenvalue weighted by molar-refractivity contribution is -0.161. The molecule has 5 rings (SSSR count). The summed E-state index contributed by atoms with van der Waals surface area (Å²) in [5.74, 6) is 0.857. The zero-order valence-corrected chi connectivity index (χ0v) is 36.4. The van der Waals surface area contributed by atoms with Crippen molar-refractivity contribution in [2.24, 2.45) is 5.92 Å². The number of esters is 1. The average Bonchev–Trinajstić information content (AvgIpc) is 3.53. The Labute approximate surface area is 325 Å². The van der Waals surface area contributed by atoms with Gasteiger partial charge >= 0.3 is 5.97 Å². The summed E-state index contributed by atoms with van der Waals surface area (Å²) in [7, 11) is -2.59. The van der Waals surface area contributed by atoms with Crippen LogP contribution in [0, 0.1) is 5.92 Å². The van der Waals surface area contributed by atoms with E-state index < -0.39 is 21.7 Å². The first-order chi connectivity index (χ1) is 25.5. The summed E-state index contributed by atoms with van der Waals surface area (Å²) in [5, 5.41) is 5.02. The van der Waals surface area contributed by atoms with Crippen LogP contribution in [0.5, 0.6) is 0 Å². The maximum Gasteiger partial charge on any atom is 0.309 e. The number of carbonyl (C=O) groups excluding carboxylic acids is 1. The van der Waals surface area contributed by atoms with E-state index >= 15 is 0 Å². The molecule has 1 fully saturated rings. The Morgan fingerprint density at radius 2 is 1.50 bits per heavy atom. The fourth-order valence-electron chi connectivity index (χ4n) is 6.74. The van der Waals surface area contributed by atoms with Crippen LogP contribution in [0.25, 0.3) is 34.1 Å². The van der Waals surface area contributed by atoms with E-state index in [-0.39, 0.29) is 17.8 Å². The highest BCUT2D eigenvalue weighted by molar-refractivity contribution is 6.76. The number of hydrogen-bond acceptors (Lipinski definition) is 8. The molecule has 0 radical (unpaired) electrons. The first-order valence-electron chi connectivity index (χ1n) is 19.7. The van der Waals surface area contributed by atoms with Crippen LogP contribution in [0.3, 0.4) is 0 Å². The van der Waals surface area contributed by atoms with Crippen LogP contribution in [0.2, 0.25) is 51.4 Å². The van der Waals surface area contributed by atoms with Crippen LogP contribution in [0.1, 0.15) is 70.6 Å². The van der Waals surface area contributed by atoms with Gasteiger partial charge in [0, 0.05) is 63.7 Å². The van der Waals surface area contributed by atoms with Crippen LogP contribution in [-0.4, -0.2) is 74.0 Å². The SMILES string of the molecule is C/C=C\c1c(N(COCC[Si](C)(C)C)COCC[Si](C)(C)C)n2ncc(-c3ccc(-c4ccccc4)nc3)c2nc1[C@H]1CC[C@H](C(=O)OC(C)(C)C)CC1. The summed E-state index contributed by atoms with van der Waals surface area (Å²) in [6, 6.07) is 16.5. The van der Waals surface area contributed by atoms with E-state index in [1.54, 1.807) is 0 Å². The molecule has 1 aliphatic rings. The monoisotopic (exact) mass is 769 g/mol. The molecule has 0 aliphatic heterocycles. The minimum absolute atomic E-state index is 0.0969. The van der Waals surface area contributed by atoms with Crippen LogP contribution in [0.15, 0.2) is 60.9 Å². The molecule has 4 aromatic rings. The van der Waals surface area contributed by atoms with Crippen molar-refractivity contribution >= 4 is 39.7 Å². The lowest BCUT2D eigenvalue weighted by atomic mass is 9.79. The zero-order chi connectivity index (χ0) is 39.1. The summed E-state index contributed by atoms with van der Waals surface area (Å²) in [6.07, 6.45) is 11.3. The van der Waals surface area contributed by atoms with E-state index in [1.807, 2.05) is 62.8 Å². The predicted octanol–water partition coefficient (Wildman–Crippen LogP) is 10.5. The maximum atomic E-state index is 13.1. The van der Waals surface area contributed by atoms with Gasteiger partial charge in [-0.1, -0.05) is 87.8 Å². The van der Waals surface area contributed by atoms with Crippen molar-refractivity contribution in [1.29, 1.82) is 0 Å². The lowest BCUT2D eigenvalue weighted by Gasteiger charge is -2.32. The fraction of sp³-hybridized carbons (Fsp3) is 0.535. The van der Waals surface area contributed by atoms with Crippen molar-refractivity contribution in [1.82, 2.24) is 19.6 Å². The zero-order valence-electron chi connectivity index (χ0n) is 34.4.